The van der Waals surface area contributed by atoms with E-state index in [1.54, 1.807) is 19.3 Å². The van der Waals surface area contributed by atoms with E-state index >= 15 is 8.78 Å². The van der Waals surface area contributed by atoms with Crippen molar-refractivity contribution in [2.24, 2.45) is 25.9 Å². The Morgan fingerprint density at radius 3 is 2.51 bits per heavy atom. The first-order valence-corrected chi connectivity index (χ1v) is 22.3. The molecular weight excluding hydrogens is 832 g/mol. The van der Waals surface area contributed by atoms with Crippen LogP contribution in [0.25, 0.3) is 21.8 Å². The Morgan fingerprint density at radius 1 is 0.968 bits per heavy atom. The Bertz CT molecular complexity index is 2710. The molecule has 3 N–H and O–H groups in total. The van der Waals surface area contributed by atoms with Crippen molar-refractivity contribution in [3.63, 3.8) is 0 Å². The third-order valence-corrected chi connectivity index (χ3v) is 14.1. The molecule has 2 aromatic carbocycles. The van der Waals surface area contributed by atoms with Gasteiger partial charge >= 0.3 is 5.92 Å². The van der Waals surface area contributed by atoms with E-state index in [9.17, 15) is 14.4 Å². The van der Waals surface area contributed by atoms with E-state index in [4.69, 9.17) is 26.4 Å². The van der Waals surface area contributed by atoms with Crippen molar-refractivity contribution in [2.75, 3.05) is 66.3 Å². The van der Waals surface area contributed by atoms with Crippen LogP contribution in [0.5, 0.6) is 5.75 Å². The van der Waals surface area contributed by atoms with Crippen LogP contribution in [0.15, 0.2) is 47.4 Å². The minimum Gasteiger partial charge on any atom is -0.480 e. The van der Waals surface area contributed by atoms with Gasteiger partial charge in [-0.15, -0.1) is 0 Å². The Balaban J connectivity index is 0.799. The van der Waals surface area contributed by atoms with Gasteiger partial charge in [0, 0.05) is 81.8 Å². The van der Waals surface area contributed by atoms with Gasteiger partial charge in [-0.1, -0.05) is 23.7 Å². The van der Waals surface area contributed by atoms with E-state index < -0.39 is 30.0 Å². The van der Waals surface area contributed by atoms with Gasteiger partial charge < -0.3 is 29.7 Å². The third-order valence-electron chi connectivity index (χ3n) is 13.8. The van der Waals surface area contributed by atoms with Gasteiger partial charge in [-0.3, -0.25) is 29.3 Å². The zero-order valence-corrected chi connectivity index (χ0v) is 36.6. The third kappa shape index (κ3) is 7.59. The molecule has 10 rings (SSSR count). The van der Waals surface area contributed by atoms with Crippen LogP contribution >= 0.6 is 11.6 Å². The fourth-order valence-corrected chi connectivity index (χ4v) is 10.3. The average Bonchev–Trinajstić information content (AvgIpc) is 4.06. The van der Waals surface area contributed by atoms with Crippen molar-refractivity contribution < 1.29 is 23.1 Å². The van der Waals surface area contributed by atoms with E-state index in [2.05, 4.69) is 55.5 Å². The second kappa shape index (κ2) is 15.6. The number of para-hydroxylation sites is 1. The number of piperidine rings is 2. The Labute approximate surface area is 368 Å². The highest BCUT2D eigenvalue weighted by atomic mass is 35.5. The van der Waals surface area contributed by atoms with E-state index in [0.717, 1.165) is 74.4 Å². The number of rotatable bonds is 8. The molecular formula is C45H52ClF2N11O4. The van der Waals surface area contributed by atoms with Gasteiger partial charge in [0.2, 0.25) is 23.5 Å². The number of benzene rings is 2. The highest BCUT2D eigenvalue weighted by molar-refractivity contribution is 6.33. The number of imide groups is 1. The molecule has 7 heterocycles. The number of anilines is 5. The zero-order chi connectivity index (χ0) is 43.9. The number of nitrogens with one attached hydrogen (secondary N) is 3. The number of carbonyl (C=O) groups is 2. The summed E-state index contributed by atoms with van der Waals surface area (Å²) in [6.45, 7) is 8.91. The van der Waals surface area contributed by atoms with Gasteiger partial charge in [-0.05, 0) is 82.1 Å². The maximum Gasteiger partial charge on any atom is 0.301 e. The lowest BCUT2D eigenvalue weighted by atomic mass is 9.91. The quantitative estimate of drug-likeness (QED) is 0.153. The van der Waals surface area contributed by atoms with Crippen molar-refractivity contribution in [3.05, 3.63) is 63.7 Å². The molecule has 5 aliphatic rings. The molecule has 1 aliphatic carbocycles. The second-order valence-electron chi connectivity index (χ2n) is 18.6. The predicted molar refractivity (Wildman–Crippen MR) is 239 cm³/mol. The van der Waals surface area contributed by atoms with Crippen LogP contribution in [0.1, 0.15) is 64.0 Å². The van der Waals surface area contributed by atoms with Gasteiger partial charge in [0.15, 0.2) is 12.4 Å². The summed E-state index contributed by atoms with van der Waals surface area (Å²) in [5.41, 5.74) is 3.71. The molecule has 63 heavy (non-hydrogen) atoms. The van der Waals surface area contributed by atoms with Gasteiger partial charge in [0.1, 0.15) is 5.02 Å². The lowest BCUT2D eigenvalue weighted by Gasteiger charge is -2.49. The topological polar surface area (TPSA) is 155 Å². The van der Waals surface area contributed by atoms with Crippen LogP contribution in [0.2, 0.25) is 5.02 Å². The maximum atomic E-state index is 15.2. The molecule has 18 heteroatoms. The van der Waals surface area contributed by atoms with E-state index in [1.165, 1.54) is 4.57 Å². The minimum absolute atomic E-state index is 0.106. The van der Waals surface area contributed by atoms with Gasteiger partial charge in [-0.25, -0.2) is 13.8 Å². The number of nitrogens with zero attached hydrogens (tertiary/aromatic N) is 8. The summed E-state index contributed by atoms with van der Waals surface area (Å²) in [4.78, 5) is 54.6. The molecule has 3 aromatic heterocycles. The number of pyridine rings is 1. The summed E-state index contributed by atoms with van der Waals surface area (Å²) in [5, 5.41) is 15.5. The number of aryl methyl sites for hydroxylation is 2. The Hall–Kier alpha value is -5.55. The summed E-state index contributed by atoms with van der Waals surface area (Å²) in [7, 11) is 3.53. The molecule has 332 valence electrons. The summed E-state index contributed by atoms with van der Waals surface area (Å²) in [6, 6.07) is 10.5. The number of halogens is 3. The van der Waals surface area contributed by atoms with E-state index in [1.807, 2.05) is 36.0 Å². The molecule has 0 spiro atoms. The highest BCUT2D eigenvalue weighted by Gasteiger charge is 2.51. The highest BCUT2D eigenvalue weighted by Crippen LogP contribution is 2.46. The summed E-state index contributed by atoms with van der Waals surface area (Å²) in [5.74, 6) is -2.91. The van der Waals surface area contributed by atoms with Crippen molar-refractivity contribution in [1.29, 1.82) is 0 Å². The smallest absolute Gasteiger partial charge is 0.301 e. The minimum atomic E-state index is -3.13. The maximum absolute atomic E-state index is 15.2. The van der Waals surface area contributed by atoms with Crippen molar-refractivity contribution >= 4 is 74.0 Å². The summed E-state index contributed by atoms with van der Waals surface area (Å²) in [6.07, 6.45) is 5.72. The molecule has 4 fully saturated rings. The number of fused-ring (bicyclic) bond motifs is 4. The number of hydrogen-bond acceptors (Lipinski definition) is 12. The number of carbonyl (C=O) groups excluding carboxylic acids is 2. The molecule has 1 unspecified atom stereocenters. The molecule has 5 aromatic rings. The van der Waals surface area contributed by atoms with Crippen molar-refractivity contribution in [2.45, 2.75) is 75.8 Å². The first kappa shape index (κ1) is 41.5. The molecule has 0 bridgehead atoms. The fourth-order valence-electron chi connectivity index (χ4n) is 10.2. The number of amides is 2. The largest absolute Gasteiger partial charge is 0.480 e. The van der Waals surface area contributed by atoms with Gasteiger partial charge in [-0.2, -0.15) is 10.1 Å². The SMILES string of the molecule is Cn1nc(C2CCC(=O)NC2=O)c2cccc(N3CCN(CC4CCN(c5ncc(Cl)c(Nc6ccc7c(c6)c6c(c(=O)n7C)OCC(F)(F)[C@H](C7CC7)N6)n5)CC4)C(C)(C)C3)c21. The van der Waals surface area contributed by atoms with Gasteiger partial charge in [0.25, 0.3) is 5.56 Å². The Kier molecular flexibility index (Phi) is 10.3. The molecule has 3 saturated heterocycles. The van der Waals surface area contributed by atoms with Crippen LogP contribution in [0.3, 0.4) is 0 Å². The first-order valence-electron chi connectivity index (χ1n) is 21.9. The number of alkyl halides is 2. The summed E-state index contributed by atoms with van der Waals surface area (Å²) >= 11 is 6.66. The average molecular weight is 884 g/mol. The standard InChI is InChI=1S/C45H52ClF2N11O4/c1-44(2)23-58(33-7-5-6-28-35(54-56(4)37(28)33)29-11-13-34(60)51-41(29)61)18-19-59(44)22-25-14-16-57(17-15-25)43-49-21-31(46)40(53-43)50-27-10-12-32-30(20-27)36-38(42(62)55(32)3)63-24-45(47,48)39(52-36)26-8-9-26/h5-7,10,12,20-21,25-26,29,39,52H,8-9,11,13-19,22-24H2,1-4H3,(H,49,50,53)(H,51,60,61)/t29?,39-/m0/s1. The van der Waals surface area contributed by atoms with E-state index in [-0.39, 0.29) is 34.7 Å². The van der Waals surface area contributed by atoms with Crippen LogP contribution in [-0.2, 0) is 23.7 Å². The van der Waals surface area contributed by atoms with Crippen LogP contribution in [0.4, 0.5) is 37.6 Å². The number of ether oxygens (including phenoxy) is 1. The van der Waals surface area contributed by atoms with Crippen molar-refractivity contribution in [1.82, 2.24) is 34.5 Å². The Morgan fingerprint density at radius 2 is 1.76 bits per heavy atom. The normalized spacial score (nSPS) is 23.0. The molecule has 1 saturated carbocycles. The first-order chi connectivity index (χ1) is 30.1. The molecule has 4 aliphatic heterocycles. The van der Waals surface area contributed by atoms with Crippen molar-refractivity contribution in [3.8, 4) is 5.75 Å². The predicted octanol–water partition coefficient (Wildman–Crippen LogP) is 6.17. The lowest BCUT2D eigenvalue weighted by molar-refractivity contribution is -0.134. The summed E-state index contributed by atoms with van der Waals surface area (Å²) < 4.78 is 39.2. The van der Waals surface area contributed by atoms with Crippen LogP contribution < -0.4 is 36.0 Å². The molecule has 15 nitrogen and oxygen atoms in total. The fraction of sp³-hybridized carbons (Fsp3) is 0.511. The number of hydrogen-bond donors (Lipinski definition) is 3. The van der Waals surface area contributed by atoms with Crippen LogP contribution in [-0.4, -0.2) is 104 Å². The molecule has 0 radical (unpaired) electrons. The second-order valence-corrected chi connectivity index (χ2v) is 19.0. The zero-order valence-electron chi connectivity index (χ0n) is 35.9. The monoisotopic (exact) mass is 883 g/mol. The van der Waals surface area contributed by atoms with E-state index in [0.29, 0.717) is 65.0 Å². The molecule has 2 amide bonds. The molecule has 2 atom stereocenters. The lowest BCUT2D eigenvalue weighted by Crippen LogP contribution is -2.60. The van der Waals surface area contributed by atoms with Gasteiger partial charge in [0.05, 0.1) is 46.3 Å². The van der Waals surface area contributed by atoms with Crippen LogP contribution in [0, 0.1) is 11.8 Å². The number of piperazine rings is 1. The number of aromatic nitrogens is 5.